The van der Waals surface area contributed by atoms with Gasteiger partial charge in [-0.3, -0.25) is 4.79 Å². The highest BCUT2D eigenvalue weighted by molar-refractivity contribution is 5.77. The third-order valence-corrected chi connectivity index (χ3v) is 4.66. The van der Waals surface area contributed by atoms with Crippen molar-refractivity contribution in [1.29, 1.82) is 0 Å². The van der Waals surface area contributed by atoms with Crippen LogP contribution < -0.4 is 16.4 Å². The smallest absolute Gasteiger partial charge is 0.407 e. The van der Waals surface area contributed by atoms with Crippen molar-refractivity contribution in [3.63, 3.8) is 0 Å². The zero-order chi connectivity index (χ0) is 24.9. The minimum absolute atomic E-state index is 0.00382. The van der Waals surface area contributed by atoms with Gasteiger partial charge in [-0.25, -0.2) is 4.79 Å². The molecule has 8 nitrogen and oxygen atoms in total. The van der Waals surface area contributed by atoms with Gasteiger partial charge in [-0.1, -0.05) is 47.0 Å². The van der Waals surface area contributed by atoms with Gasteiger partial charge in [-0.05, 0) is 39.0 Å². The summed E-state index contributed by atoms with van der Waals surface area (Å²) in [5, 5.41) is 5.78. The van der Waals surface area contributed by atoms with Crippen molar-refractivity contribution in [2.45, 2.75) is 92.6 Å². The van der Waals surface area contributed by atoms with Crippen LogP contribution >= 0.6 is 0 Å². The molecule has 1 aliphatic rings. The highest BCUT2D eigenvalue weighted by Crippen LogP contribution is 2.38. The molecular weight excluding hydrogens is 410 g/mol. The molecule has 8 heteroatoms. The van der Waals surface area contributed by atoms with Crippen LogP contribution in [0.15, 0.2) is 0 Å². The Morgan fingerprint density at radius 2 is 1.44 bits per heavy atom. The van der Waals surface area contributed by atoms with Crippen LogP contribution in [0.5, 0.6) is 0 Å². The number of carbonyl (C=O) groups excluding carboxylic acids is 2. The average Bonchev–Trinajstić information content (AvgIpc) is 2.76. The number of amides is 2. The molecule has 0 aliphatic heterocycles. The minimum Gasteiger partial charge on any atom is -0.444 e. The van der Waals surface area contributed by atoms with Gasteiger partial charge in [0.25, 0.3) is 0 Å². The molecule has 1 aliphatic carbocycles. The van der Waals surface area contributed by atoms with Gasteiger partial charge < -0.3 is 30.6 Å². The van der Waals surface area contributed by atoms with E-state index in [0.717, 1.165) is 25.7 Å². The molecule has 2 amide bonds. The molecule has 0 spiro atoms. The Balaban J connectivity index is 0. The van der Waals surface area contributed by atoms with Crippen LogP contribution in [0.1, 0.15) is 87.0 Å². The van der Waals surface area contributed by atoms with Crippen molar-refractivity contribution in [2.75, 3.05) is 46.1 Å². The molecule has 1 saturated carbocycles. The van der Waals surface area contributed by atoms with E-state index in [2.05, 4.69) is 10.6 Å². The Bertz CT molecular complexity index is 461. The zero-order valence-corrected chi connectivity index (χ0v) is 21.8. The number of hydrogen-bond acceptors (Lipinski definition) is 6. The molecule has 0 aromatic heterocycles. The van der Waals surface area contributed by atoms with E-state index in [-0.39, 0.29) is 11.3 Å². The van der Waals surface area contributed by atoms with Crippen LogP contribution in [0.3, 0.4) is 0 Å². The third-order valence-electron chi connectivity index (χ3n) is 4.66. The number of nitrogens with one attached hydrogen (secondary N) is 2. The summed E-state index contributed by atoms with van der Waals surface area (Å²) in [5.41, 5.74) is 4.60. The van der Waals surface area contributed by atoms with Crippen LogP contribution in [-0.4, -0.2) is 63.7 Å². The van der Waals surface area contributed by atoms with Crippen LogP contribution in [0.2, 0.25) is 0 Å². The van der Waals surface area contributed by atoms with Crippen LogP contribution in [0.4, 0.5) is 4.79 Å². The number of ether oxygens (including phenoxy) is 3. The lowest BCUT2D eigenvalue weighted by atomic mass is 9.71. The van der Waals surface area contributed by atoms with Crippen molar-refractivity contribution in [2.24, 2.45) is 11.1 Å². The predicted molar refractivity (Wildman–Crippen MR) is 131 cm³/mol. The van der Waals surface area contributed by atoms with E-state index in [0.29, 0.717) is 52.5 Å². The zero-order valence-electron chi connectivity index (χ0n) is 21.8. The Labute approximate surface area is 196 Å². The average molecular weight is 462 g/mol. The van der Waals surface area contributed by atoms with Gasteiger partial charge in [0.2, 0.25) is 5.91 Å². The summed E-state index contributed by atoms with van der Waals surface area (Å²) in [6.45, 7) is 16.9. The molecule has 1 fully saturated rings. The molecule has 0 atom stereocenters. The number of alkyl carbamates (subject to hydrolysis) is 1. The summed E-state index contributed by atoms with van der Waals surface area (Å²) in [6.07, 6.45) is 5.18. The maximum absolute atomic E-state index is 12.4. The first kappa shape index (κ1) is 32.8. The fourth-order valence-electron chi connectivity index (χ4n) is 3.36. The van der Waals surface area contributed by atoms with Gasteiger partial charge in [-0.15, -0.1) is 0 Å². The standard InChI is InChI=1S/C20H39N3O5.2C2H6/c1-19(2,3)28-18(25)23-16-20(7-5-4-6-8-20)15-17(24)22-10-12-27-14-13-26-11-9-21;2*1-2/h4-16,21H2,1-3H3,(H,22,24)(H,23,25);2*1-2H3. The summed E-state index contributed by atoms with van der Waals surface area (Å²) in [4.78, 5) is 24.4. The lowest BCUT2D eigenvalue weighted by Gasteiger charge is -2.37. The summed E-state index contributed by atoms with van der Waals surface area (Å²) < 4.78 is 16.0. The second kappa shape index (κ2) is 20.2. The molecule has 192 valence electrons. The van der Waals surface area contributed by atoms with Crippen LogP contribution in [0, 0.1) is 5.41 Å². The Kier molecular flexibility index (Phi) is 20.7. The number of nitrogens with two attached hydrogens (primary N) is 1. The number of rotatable bonds is 12. The summed E-state index contributed by atoms with van der Waals surface area (Å²) in [6, 6.07) is 0. The SMILES string of the molecule is CC.CC.CC(C)(C)OC(=O)NCC1(CC(=O)NCCOCCOCCN)CCCCC1. The summed E-state index contributed by atoms with van der Waals surface area (Å²) in [5.74, 6) is -0.00382. The molecule has 0 bridgehead atoms. The first-order valence-corrected chi connectivity index (χ1v) is 12.4. The molecular formula is C24H51N3O5. The Morgan fingerprint density at radius 3 is 1.97 bits per heavy atom. The number of carbonyl (C=O) groups is 2. The van der Waals surface area contributed by atoms with Crippen molar-refractivity contribution >= 4 is 12.0 Å². The number of hydrogen-bond donors (Lipinski definition) is 3. The van der Waals surface area contributed by atoms with Crippen LogP contribution in [-0.2, 0) is 19.0 Å². The minimum atomic E-state index is -0.531. The maximum Gasteiger partial charge on any atom is 0.407 e. The monoisotopic (exact) mass is 461 g/mol. The lowest BCUT2D eigenvalue weighted by molar-refractivity contribution is -0.124. The quantitative estimate of drug-likeness (QED) is 0.379. The highest BCUT2D eigenvalue weighted by Gasteiger charge is 2.35. The van der Waals surface area contributed by atoms with Crippen molar-refractivity contribution in [3.8, 4) is 0 Å². The van der Waals surface area contributed by atoms with E-state index in [9.17, 15) is 9.59 Å². The van der Waals surface area contributed by atoms with E-state index >= 15 is 0 Å². The second-order valence-corrected chi connectivity index (χ2v) is 8.46. The first-order chi connectivity index (χ1) is 15.3. The predicted octanol–water partition coefficient (Wildman–Crippen LogP) is 4.01. The van der Waals surface area contributed by atoms with E-state index in [4.69, 9.17) is 19.9 Å². The van der Waals surface area contributed by atoms with E-state index < -0.39 is 11.7 Å². The molecule has 0 aromatic rings. The van der Waals surface area contributed by atoms with Crippen molar-refractivity contribution in [3.05, 3.63) is 0 Å². The van der Waals surface area contributed by atoms with Gasteiger partial charge in [-0.2, -0.15) is 0 Å². The van der Waals surface area contributed by atoms with Gasteiger partial charge in [0, 0.05) is 26.1 Å². The third kappa shape index (κ3) is 18.2. The molecule has 0 saturated heterocycles. The Morgan fingerprint density at radius 1 is 0.875 bits per heavy atom. The van der Waals surface area contributed by atoms with Crippen LogP contribution in [0.25, 0.3) is 0 Å². The van der Waals surface area contributed by atoms with E-state index in [1.807, 2.05) is 48.5 Å². The highest BCUT2D eigenvalue weighted by atomic mass is 16.6. The van der Waals surface area contributed by atoms with Crippen molar-refractivity contribution in [1.82, 2.24) is 10.6 Å². The first-order valence-electron chi connectivity index (χ1n) is 12.4. The molecule has 32 heavy (non-hydrogen) atoms. The fraction of sp³-hybridized carbons (Fsp3) is 0.917. The van der Waals surface area contributed by atoms with Gasteiger partial charge in [0.1, 0.15) is 5.60 Å². The van der Waals surface area contributed by atoms with E-state index in [1.54, 1.807) is 0 Å². The molecule has 0 heterocycles. The second-order valence-electron chi connectivity index (χ2n) is 8.46. The lowest BCUT2D eigenvalue weighted by Crippen LogP contribution is -2.44. The molecule has 0 radical (unpaired) electrons. The molecule has 4 N–H and O–H groups in total. The largest absolute Gasteiger partial charge is 0.444 e. The Hall–Kier alpha value is -1.38. The summed E-state index contributed by atoms with van der Waals surface area (Å²) >= 11 is 0. The molecule has 1 rings (SSSR count). The fourth-order valence-corrected chi connectivity index (χ4v) is 3.36. The van der Waals surface area contributed by atoms with Gasteiger partial charge >= 0.3 is 6.09 Å². The normalized spacial score (nSPS) is 14.8. The topological polar surface area (TPSA) is 112 Å². The maximum atomic E-state index is 12.4. The van der Waals surface area contributed by atoms with Gasteiger partial charge in [0.05, 0.1) is 26.4 Å². The summed E-state index contributed by atoms with van der Waals surface area (Å²) in [7, 11) is 0. The molecule has 0 unspecified atom stereocenters. The molecule has 0 aromatic carbocycles. The van der Waals surface area contributed by atoms with Gasteiger partial charge in [0.15, 0.2) is 0 Å². The van der Waals surface area contributed by atoms with Crippen molar-refractivity contribution < 1.29 is 23.8 Å². The van der Waals surface area contributed by atoms with E-state index in [1.165, 1.54) is 6.42 Å².